The Kier molecular flexibility index (Phi) is 8.04. The van der Waals surface area contributed by atoms with Crippen molar-refractivity contribution < 1.29 is 32.0 Å². The summed E-state index contributed by atoms with van der Waals surface area (Å²) in [5.41, 5.74) is 0. The maximum atomic E-state index is 12.5. The molecule has 0 bridgehead atoms. The van der Waals surface area contributed by atoms with Gasteiger partial charge in [0.15, 0.2) is 22.2 Å². The van der Waals surface area contributed by atoms with E-state index in [2.05, 4.69) is 5.32 Å². The molecular weight excluding hydrogens is 388 g/mol. The number of ether oxygens (including phenoxy) is 1. The highest BCUT2D eigenvalue weighted by atomic mass is 32.2. The topological polar surface area (TPSA) is 123 Å². The van der Waals surface area contributed by atoms with E-state index in [1.165, 1.54) is 17.2 Å². The molecule has 28 heavy (non-hydrogen) atoms. The van der Waals surface area contributed by atoms with Gasteiger partial charge in [-0.1, -0.05) is 13.3 Å². The van der Waals surface area contributed by atoms with E-state index >= 15 is 0 Å². The molecule has 1 aromatic rings. The van der Waals surface area contributed by atoms with Crippen molar-refractivity contribution in [2.75, 3.05) is 31.2 Å². The monoisotopic (exact) mass is 414 g/mol. The number of rotatable bonds is 10. The molecule has 0 spiro atoms. The highest BCUT2D eigenvalue weighted by Gasteiger charge is 2.34. The Balaban J connectivity index is 1.76. The first-order chi connectivity index (χ1) is 13.3. The van der Waals surface area contributed by atoms with Crippen molar-refractivity contribution in [1.29, 1.82) is 0 Å². The summed E-state index contributed by atoms with van der Waals surface area (Å²) in [7, 11) is -3.12. The molecule has 1 saturated heterocycles. The standard InChI is InChI=1S/C18H26N2O7S/c1-2-3-9-20(14-7-11-28(24,25)13-14)16(21)12-27-17(22)6-8-19-18(23)15-5-4-10-26-15/h4-5,10,14H,2-3,6-9,11-13H2,1H3,(H,19,23)/t14-/m0/s1. The molecule has 0 aromatic carbocycles. The lowest BCUT2D eigenvalue weighted by Gasteiger charge is -2.28. The van der Waals surface area contributed by atoms with Gasteiger partial charge in [-0.25, -0.2) is 8.42 Å². The Hall–Kier alpha value is -2.36. The Morgan fingerprint density at radius 1 is 1.36 bits per heavy atom. The van der Waals surface area contributed by atoms with Gasteiger partial charge in [-0.15, -0.1) is 0 Å². The van der Waals surface area contributed by atoms with Crippen LogP contribution in [-0.4, -0.2) is 68.3 Å². The summed E-state index contributed by atoms with van der Waals surface area (Å²) in [5, 5.41) is 2.51. The Morgan fingerprint density at radius 3 is 2.75 bits per heavy atom. The van der Waals surface area contributed by atoms with Crippen molar-refractivity contribution in [3.63, 3.8) is 0 Å². The third kappa shape index (κ3) is 6.66. The number of carbonyl (C=O) groups excluding carboxylic acids is 3. The summed E-state index contributed by atoms with van der Waals surface area (Å²) in [5.74, 6) is -1.30. The predicted molar refractivity (Wildman–Crippen MR) is 100 cm³/mol. The second kappa shape index (κ2) is 10.3. The zero-order valence-electron chi connectivity index (χ0n) is 15.9. The van der Waals surface area contributed by atoms with Crippen LogP contribution in [0.25, 0.3) is 0 Å². The molecule has 2 rings (SSSR count). The van der Waals surface area contributed by atoms with E-state index < -0.39 is 34.2 Å². The van der Waals surface area contributed by atoms with E-state index in [-0.39, 0.29) is 36.3 Å². The lowest BCUT2D eigenvalue weighted by atomic mass is 10.2. The van der Waals surface area contributed by atoms with Crippen LogP contribution in [0.4, 0.5) is 0 Å². The molecule has 1 atom stereocenters. The van der Waals surface area contributed by atoms with Gasteiger partial charge in [0.25, 0.3) is 11.8 Å². The van der Waals surface area contributed by atoms with Crippen molar-refractivity contribution in [2.45, 2.75) is 38.6 Å². The lowest BCUT2D eigenvalue weighted by Crippen LogP contribution is -2.44. The Labute approximate surface area is 164 Å². The smallest absolute Gasteiger partial charge is 0.308 e. The minimum absolute atomic E-state index is 0.0464. The molecule has 1 aromatic heterocycles. The zero-order chi connectivity index (χ0) is 20.6. The van der Waals surface area contributed by atoms with Crippen molar-refractivity contribution >= 4 is 27.6 Å². The Morgan fingerprint density at radius 2 is 2.14 bits per heavy atom. The highest BCUT2D eigenvalue weighted by Crippen LogP contribution is 2.18. The minimum atomic E-state index is -3.12. The summed E-state index contributed by atoms with van der Waals surface area (Å²) in [4.78, 5) is 37.5. The first kappa shape index (κ1) is 21.9. The maximum absolute atomic E-state index is 12.5. The van der Waals surface area contributed by atoms with Gasteiger partial charge < -0.3 is 19.4 Å². The molecule has 10 heteroatoms. The van der Waals surface area contributed by atoms with Crippen molar-refractivity contribution in [1.82, 2.24) is 10.2 Å². The van der Waals surface area contributed by atoms with Gasteiger partial charge in [0.05, 0.1) is 24.2 Å². The molecule has 0 aliphatic carbocycles. The Bertz CT molecular complexity index is 774. The van der Waals surface area contributed by atoms with Gasteiger partial charge >= 0.3 is 5.97 Å². The number of sulfone groups is 1. The number of nitrogens with one attached hydrogen (secondary N) is 1. The van der Waals surface area contributed by atoms with Crippen LogP contribution in [-0.2, 0) is 24.2 Å². The van der Waals surface area contributed by atoms with Crippen molar-refractivity contribution in [3.8, 4) is 0 Å². The van der Waals surface area contributed by atoms with E-state index in [9.17, 15) is 22.8 Å². The van der Waals surface area contributed by atoms with E-state index in [0.29, 0.717) is 13.0 Å². The fourth-order valence-corrected chi connectivity index (χ4v) is 4.66. The van der Waals surface area contributed by atoms with Crippen LogP contribution >= 0.6 is 0 Å². The third-order valence-electron chi connectivity index (χ3n) is 4.44. The number of esters is 1. The van der Waals surface area contributed by atoms with Crippen molar-refractivity contribution in [3.05, 3.63) is 24.2 Å². The molecule has 0 saturated carbocycles. The van der Waals surface area contributed by atoms with Gasteiger partial charge in [-0.2, -0.15) is 0 Å². The van der Waals surface area contributed by atoms with E-state index in [1.807, 2.05) is 6.92 Å². The second-order valence-electron chi connectivity index (χ2n) is 6.64. The highest BCUT2D eigenvalue weighted by molar-refractivity contribution is 7.91. The number of hydrogen-bond donors (Lipinski definition) is 1. The molecule has 156 valence electrons. The van der Waals surface area contributed by atoms with Gasteiger partial charge in [-0.05, 0) is 25.0 Å². The van der Waals surface area contributed by atoms with Gasteiger partial charge in [-0.3, -0.25) is 14.4 Å². The van der Waals surface area contributed by atoms with Crippen LogP contribution in [0.15, 0.2) is 22.8 Å². The summed E-state index contributed by atoms with van der Waals surface area (Å²) in [6.45, 7) is 2.02. The summed E-state index contributed by atoms with van der Waals surface area (Å²) >= 11 is 0. The fraction of sp³-hybridized carbons (Fsp3) is 0.611. The SMILES string of the molecule is CCCCN(C(=O)COC(=O)CCNC(=O)c1ccco1)[C@H]1CCS(=O)(=O)C1. The summed E-state index contributed by atoms with van der Waals surface area (Å²) in [6.07, 6.45) is 3.29. The fourth-order valence-electron chi connectivity index (χ4n) is 2.93. The molecule has 1 fully saturated rings. The minimum Gasteiger partial charge on any atom is -0.459 e. The van der Waals surface area contributed by atoms with Gasteiger partial charge in [0.1, 0.15) is 0 Å². The number of furan rings is 1. The number of carbonyl (C=O) groups is 3. The van der Waals surface area contributed by atoms with Crippen LogP contribution in [0.3, 0.4) is 0 Å². The number of hydrogen-bond acceptors (Lipinski definition) is 7. The summed E-state index contributed by atoms with van der Waals surface area (Å²) in [6, 6.07) is 2.71. The second-order valence-corrected chi connectivity index (χ2v) is 8.87. The first-order valence-electron chi connectivity index (χ1n) is 9.29. The van der Waals surface area contributed by atoms with Crippen LogP contribution in [0.1, 0.15) is 43.2 Å². The van der Waals surface area contributed by atoms with Crippen LogP contribution in [0.5, 0.6) is 0 Å². The average Bonchev–Trinajstić information content (AvgIpc) is 3.30. The normalized spacial score (nSPS) is 17.8. The molecule has 1 aliphatic heterocycles. The number of unbranched alkanes of at least 4 members (excludes halogenated alkanes) is 1. The largest absolute Gasteiger partial charge is 0.459 e. The molecule has 0 radical (unpaired) electrons. The summed E-state index contributed by atoms with van der Waals surface area (Å²) < 4.78 is 33.3. The molecule has 0 unspecified atom stereocenters. The van der Waals surface area contributed by atoms with Gasteiger partial charge in [0, 0.05) is 19.1 Å². The third-order valence-corrected chi connectivity index (χ3v) is 6.19. The quantitative estimate of drug-likeness (QED) is 0.561. The van der Waals surface area contributed by atoms with E-state index in [4.69, 9.17) is 9.15 Å². The van der Waals surface area contributed by atoms with Crippen LogP contribution < -0.4 is 5.32 Å². The van der Waals surface area contributed by atoms with Crippen LogP contribution in [0.2, 0.25) is 0 Å². The average molecular weight is 414 g/mol. The number of nitrogens with zero attached hydrogens (tertiary/aromatic N) is 1. The molecule has 2 amide bonds. The van der Waals surface area contributed by atoms with E-state index in [0.717, 1.165) is 12.8 Å². The molecule has 1 aliphatic rings. The number of amides is 2. The van der Waals surface area contributed by atoms with Crippen LogP contribution in [0, 0.1) is 0 Å². The lowest BCUT2D eigenvalue weighted by molar-refractivity contribution is -0.152. The molecule has 2 heterocycles. The predicted octanol–water partition coefficient (Wildman–Crippen LogP) is 0.759. The molecular formula is C18H26N2O7S. The van der Waals surface area contributed by atoms with Crippen molar-refractivity contribution in [2.24, 2.45) is 0 Å². The maximum Gasteiger partial charge on any atom is 0.308 e. The van der Waals surface area contributed by atoms with Gasteiger partial charge in [0.2, 0.25) is 0 Å². The molecule has 9 nitrogen and oxygen atoms in total. The first-order valence-corrected chi connectivity index (χ1v) is 11.1. The van der Waals surface area contributed by atoms with E-state index in [1.54, 1.807) is 6.07 Å². The molecule has 1 N–H and O–H groups in total. The zero-order valence-corrected chi connectivity index (χ0v) is 16.7.